The fourth-order valence-electron chi connectivity index (χ4n) is 4.42. The van der Waals surface area contributed by atoms with Crippen LogP contribution in [0.1, 0.15) is 58.9 Å². The number of aromatic nitrogens is 1. The topological polar surface area (TPSA) is 79.3 Å². The molecule has 11 heteroatoms. The molecule has 0 bridgehead atoms. The Morgan fingerprint density at radius 1 is 1.05 bits per heavy atom. The SMILES string of the molecule is CCC(F)(F)c1ccc(-c2c(C)cc(NC(=O)C3(c4ccc(C(F)(F)F)cc4F)CC3)cc2C(=O)O)cn1. The first-order chi connectivity index (χ1) is 17.7. The van der Waals surface area contributed by atoms with Crippen molar-refractivity contribution in [3.05, 3.63) is 82.4 Å². The van der Waals surface area contributed by atoms with Crippen LogP contribution in [0.2, 0.25) is 0 Å². The van der Waals surface area contributed by atoms with Crippen molar-refractivity contribution in [3.8, 4) is 11.1 Å². The minimum Gasteiger partial charge on any atom is -0.478 e. The molecule has 200 valence electrons. The Morgan fingerprint density at radius 2 is 1.74 bits per heavy atom. The normalized spacial score (nSPS) is 14.7. The molecular weight excluding hydrogens is 514 g/mol. The van der Waals surface area contributed by atoms with Crippen LogP contribution >= 0.6 is 0 Å². The highest BCUT2D eigenvalue weighted by Crippen LogP contribution is 2.50. The number of benzene rings is 2. The number of amides is 1. The molecule has 1 aliphatic rings. The van der Waals surface area contributed by atoms with Gasteiger partial charge in [-0.1, -0.05) is 19.1 Å². The molecule has 2 aromatic carbocycles. The molecule has 0 saturated heterocycles. The number of carbonyl (C=O) groups is 2. The standard InChI is InChI=1S/C27H22F6N2O3/c1-3-26(29,30)21-7-4-15(13-34-21)22-14(2)10-17(12-18(22)23(36)37)35-24(38)25(8-9-25)19-6-5-16(11-20(19)28)27(31,32)33/h4-7,10-13H,3,8-9H2,1-2H3,(H,35,38)(H,36,37). The van der Waals surface area contributed by atoms with Crippen LogP contribution in [0.3, 0.4) is 0 Å². The molecule has 4 rings (SSSR count). The summed E-state index contributed by atoms with van der Waals surface area (Å²) in [4.78, 5) is 29.0. The lowest BCUT2D eigenvalue weighted by Gasteiger charge is -2.19. The van der Waals surface area contributed by atoms with Gasteiger partial charge < -0.3 is 10.4 Å². The summed E-state index contributed by atoms with van der Waals surface area (Å²) in [6, 6.07) is 7.10. The van der Waals surface area contributed by atoms with Gasteiger partial charge >= 0.3 is 12.1 Å². The van der Waals surface area contributed by atoms with Crippen molar-refractivity contribution in [1.82, 2.24) is 4.98 Å². The first-order valence-electron chi connectivity index (χ1n) is 11.6. The van der Waals surface area contributed by atoms with Crippen LogP contribution in [0.4, 0.5) is 32.0 Å². The Morgan fingerprint density at radius 3 is 2.24 bits per heavy atom. The highest BCUT2D eigenvalue weighted by Gasteiger charge is 2.53. The smallest absolute Gasteiger partial charge is 0.416 e. The molecule has 1 aliphatic carbocycles. The second kappa shape index (κ2) is 9.45. The molecule has 2 N–H and O–H groups in total. The highest BCUT2D eigenvalue weighted by atomic mass is 19.4. The van der Waals surface area contributed by atoms with Gasteiger partial charge in [0.05, 0.1) is 16.5 Å². The number of hydrogen-bond donors (Lipinski definition) is 2. The number of alkyl halides is 5. The van der Waals surface area contributed by atoms with Gasteiger partial charge in [0.25, 0.3) is 5.92 Å². The zero-order valence-corrected chi connectivity index (χ0v) is 20.2. The maximum absolute atomic E-state index is 14.6. The van der Waals surface area contributed by atoms with E-state index in [1.807, 2.05) is 0 Å². The first kappa shape index (κ1) is 27.2. The number of aromatic carboxylic acids is 1. The lowest BCUT2D eigenvalue weighted by atomic mass is 9.92. The lowest BCUT2D eigenvalue weighted by Crippen LogP contribution is -2.29. The van der Waals surface area contributed by atoms with E-state index in [2.05, 4.69) is 10.3 Å². The van der Waals surface area contributed by atoms with Crippen LogP contribution in [0, 0.1) is 12.7 Å². The molecule has 0 spiro atoms. The van der Waals surface area contributed by atoms with Crippen molar-refractivity contribution in [3.63, 3.8) is 0 Å². The van der Waals surface area contributed by atoms with Crippen molar-refractivity contribution >= 4 is 17.6 Å². The zero-order valence-electron chi connectivity index (χ0n) is 20.2. The second-order valence-electron chi connectivity index (χ2n) is 9.24. The average molecular weight is 536 g/mol. The maximum Gasteiger partial charge on any atom is 0.416 e. The molecule has 1 heterocycles. The number of halogens is 6. The molecule has 0 unspecified atom stereocenters. The number of pyridine rings is 1. The molecule has 0 atom stereocenters. The van der Waals surface area contributed by atoms with Gasteiger partial charge in [-0.15, -0.1) is 0 Å². The van der Waals surface area contributed by atoms with Crippen LogP contribution < -0.4 is 5.32 Å². The number of carbonyl (C=O) groups excluding carboxylic acids is 1. The third-order valence-corrected chi connectivity index (χ3v) is 6.69. The Balaban J connectivity index is 1.65. The van der Waals surface area contributed by atoms with Crippen molar-refractivity contribution in [2.45, 2.75) is 50.6 Å². The summed E-state index contributed by atoms with van der Waals surface area (Å²) >= 11 is 0. The fourth-order valence-corrected chi connectivity index (χ4v) is 4.42. The van der Waals surface area contributed by atoms with E-state index < -0.39 is 52.9 Å². The van der Waals surface area contributed by atoms with Gasteiger partial charge in [-0.3, -0.25) is 9.78 Å². The van der Waals surface area contributed by atoms with E-state index in [1.165, 1.54) is 25.1 Å². The molecule has 1 fully saturated rings. The van der Waals surface area contributed by atoms with Gasteiger partial charge in [-0.05, 0) is 55.7 Å². The third kappa shape index (κ3) is 4.97. The average Bonchev–Trinajstić information content (AvgIpc) is 3.65. The van der Waals surface area contributed by atoms with E-state index in [0.717, 1.165) is 18.3 Å². The predicted molar refractivity (Wildman–Crippen MR) is 126 cm³/mol. The van der Waals surface area contributed by atoms with Gasteiger partial charge in [0, 0.05) is 35.0 Å². The molecular formula is C27H22F6N2O3. The van der Waals surface area contributed by atoms with Gasteiger partial charge in [-0.2, -0.15) is 22.0 Å². The van der Waals surface area contributed by atoms with Gasteiger partial charge in [0.15, 0.2) is 0 Å². The Kier molecular flexibility index (Phi) is 6.75. The summed E-state index contributed by atoms with van der Waals surface area (Å²) < 4.78 is 81.2. The van der Waals surface area contributed by atoms with E-state index in [4.69, 9.17) is 0 Å². The summed E-state index contributed by atoms with van der Waals surface area (Å²) in [7, 11) is 0. The number of hydrogen-bond acceptors (Lipinski definition) is 3. The molecule has 38 heavy (non-hydrogen) atoms. The van der Waals surface area contributed by atoms with Crippen LogP contribution in [0.5, 0.6) is 0 Å². The highest BCUT2D eigenvalue weighted by molar-refractivity contribution is 6.04. The number of carboxylic acid groups (broad SMARTS) is 1. The van der Waals surface area contributed by atoms with Gasteiger partial charge in [0.1, 0.15) is 11.5 Å². The van der Waals surface area contributed by atoms with Crippen molar-refractivity contribution < 1.29 is 41.0 Å². The summed E-state index contributed by atoms with van der Waals surface area (Å²) in [5.74, 6) is -6.33. The number of anilines is 1. The maximum atomic E-state index is 14.6. The summed E-state index contributed by atoms with van der Waals surface area (Å²) in [6.45, 7) is 2.88. The molecule has 1 aromatic heterocycles. The van der Waals surface area contributed by atoms with E-state index in [0.29, 0.717) is 17.7 Å². The van der Waals surface area contributed by atoms with E-state index in [-0.39, 0.29) is 40.8 Å². The summed E-state index contributed by atoms with van der Waals surface area (Å²) in [5.41, 5.74) is -2.46. The van der Waals surface area contributed by atoms with Crippen molar-refractivity contribution in [2.24, 2.45) is 0 Å². The quantitative estimate of drug-likeness (QED) is 0.316. The summed E-state index contributed by atoms with van der Waals surface area (Å²) in [6.07, 6.45) is -3.64. The molecule has 1 amide bonds. The molecule has 1 saturated carbocycles. The number of carboxylic acids is 1. The Labute approximate surface area is 213 Å². The number of rotatable bonds is 7. The predicted octanol–water partition coefficient (Wildman–Crippen LogP) is 7.09. The number of aryl methyl sites for hydroxylation is 1. The van der Waals surface area contributed by atoms with E-state index >= 15 is 0 Å². The largest absolute Gasteiger partial charge is 0.478 e. The molecule has 0 aliphatic heterocycles. The van der Waals surface area contributed by atoms with Gasteiger partial charge in [0.2, 0.25) is 5.91 Å². The Bertz CT molecular complexity index is 1410. The number of nitrogens with one attached hydrogen (secondary N) is 1. The molecule has 0 radical (unpaired) electrons. The first-order valence-corrected chi connectivity index (χ1v) is 11.6. The van der Waals surface area contributed by atoms with Crippen LogP contribution in [0.25, 0.3) is 11.1 Å². The zero-order chi connectivity index (χ0) is 28.0. The van der Waals surface area contributed by atoms with Crippen LogP contribution in [0.15, 0.2) is 48.7 Å². The second-order valence-corrected chi connectivity index (χ2v) is 9.24. The van der Waals surface area contributed by atoms with Crippen LogP contribution in [-0.2, 0) is 22.3 Å². The fraction of sp³-hybridized carbons (Fsp3) is 0.296. The minimum absolute atomic E-state index is 0.0781. The van der Waals surface area contributed by atoms with Crippen LogP contribution in [-0.4, -0.2) is 22.0 Å². The van der Waals surface area contributed by atoms with Gasteiger partial charge in [-0.25, -0.2) is 9.18 Å². The number of nitrogens with zero attached hydrogens (tertiary/aromatic N) is 1. The van der Waals surface area contributed by atoms with E-state index in [9.17, 15) is 41.0 Å². The van der Waals surface area contributed by atoms with Crippen molar-refractivity contribution in [2.75, 3.05) is 5.32 Å². The molecule has 3 aromatic rings. The lowest BCUT2D eigenvalue weighted by molar-refractivity contribution is -0.137. The monoisotopic (exact) mass is 536 g/mol. The third-order valence-electron chi connectivity index (χ3n) is 6.69. The van der Waals surface area contributed by atoms with E-state index in [1.54, 1.807) is 6.92 Å². The van der Waals surface area contributed by atoms with Crippen molar-refractivity contribution in [1.29, 1.82) is 0 Å². The minimum atomic E-state index is -4.74. The molecule has 5 nitrogen and oxygen atoms in total. The Hall–Kier alpha value is -3.89. The summed E-state index contributed by atoms with van der Waals surface area (Å²) in [5, 5.41) is 12.4.